The van der Waals surface area contributed by atoms with Crippen molar-refractivity contribution in [1.29, 1.82) is 0 Å². The molecule has 1 saturated heterocycles. The van der Waals surface area contributed by atoms with Crippen LogP contribution in [0.2, 0.25) is 5.02 Å². The molecule has 1 fully saturated rings. The Hall–Kier alpha value is -2.90. The maximum atomic E-state index is 11.5. The Labute approximate surface area is 197 Å². The normalized spacial score (nSPS) is 20.1. The van der Waals surface area contributed by atoms with Gasteiger partial charge >= 0.3 is 17.9 Å². The Morgan fingerprint density at radius 2 is 1.70 bits per heavy atom. The molecule has 0 N–H and O–H groups in total. The molecule has 0 aliphatic carbocycles. The van der Waals surface area contributed by atoms with E-state index in [1.165, 1.54) is 20.8 Å². The Bertz CT molecular complexity index is 1000. The number of ether oxygens (including phenoxy) is 4. The molecule has 7 nitrogen and oxygen atoms in total. The van der Waals surface area contributed by atoms with Crippen LogP contribution in [0.15, 0.2) is 42.5 Å². The molecule has 0 spiro atoms. The van der Waals surface area contributed by atoms with Crippen molar-refractivity contribution in [3.05, 3.63) is 64.2 Å². The Morgan fingerprint density at radius 1 is 0.970 bits per heavy atom. The van der Waals surface area contributed by atoms with Crippen LogP contribution >= 0.6 is 11.6 Å². The highest BCUT2D eigenvalue weighted by Crippen LogP contribution is 2.35. The minimum Gasteiger partial charge on any atom is -0.463 e. The van der Waals surface area contributed by atoms with E-state index in [-0.39, 0.29) is 36.9 Å². The summed E-state index contributed by atoms with van der Waals surface area (Å²) in [5.74, 6) is -0.638. The summed E-state index contributed by atoms with van der Waals surface area (Å²) in [6, 6.07) is 12.9. The number of halogens is 1. The molecule has 3 rings (SSSR count). The molecule has 1 aliphatic rings. The first kappa shape index (κ1) is 24.7. The van der Waals surface area contributed by atoms with Crippen LogP contribution in [-0.2, 0) is 35.0 Å². The molecule has 2 aromatic carbocycles. The molecule has 3 unspecified atom stereocenters. The number of esters is 3. The Kier molecular flexibility index (Phi) is 8.47. The molecular weight excluding hydrogens is 448 g/mol. The van der Waals surface area contributed by atoms with Gasteiger partial charge in [0.1, 0.15) is 18.5 Å². The summed E-state index contributed by atoms with van der Waals surface area (Å²) in [5, 5.41) is 0.617. The average molecular weight is 475 g/mol. The summed E-state index contributed by atoms with van der Waals surface area (Å²) < 4.78 is 21.8. The van der Waals surface area contributed by atoms with E-state index >= 15 is 0 Å². The summed E-state index contributed by atoms with van der Waals surface area (Å²) in [4.78, 5) is 33.8. The second kappa shape index (κ2) is 11.3. The number of rotatable bonds is 7. The van der Waals surface area contributed by atoms with Gasteiger partial charge in [-0.05, 0) is 41.3 Å². The van der Waals surface area contributed by atoms with E-state index in [0.29, 0.717) is 30.0 Å². The van der Waals surface area contributed by atoms with Crippen LogP contribution in [0.25, 0.3) is 0 Å². The Morgan fingerprint density at radius 3 is 2.33 bits per heavy atom. The van der Waals surface area contributed by atoms with Gasteiger partial charge in [-0.1, -0.05) is 35.9 Å². The molecule has 0 saturated carbocycles. The predicted octanol–water partition coefficient (Wildman–Crippen LogP) is 4.57. The monoisotopic (exact) mass is 474 g/mol. The second-order valence-corrected chi connectivity index (χ2v) is 8.42. The maximum Gasteiger partial charge on any atom is 0.308 e. The molecule has 2 aromatic rings. The van der Waals surface area contributed by atoms with E-state index in [9.17, 15) is 14.4 Å². The third kappa shape index (κ3) is 7.58. The van der Waals surface area contributed by atoms with Crippen molar-refractivity contribution < 1.29 is 33.3 Å². The molecule has 0 bridgehead atoms. The molecule has 0 aromatic heterocycles. The lowest BCUT2D eigenvalue weighted by atomic mass is 9.94. The summed E-state index contributed by atoms with van der Waals surface area (Å²) in [6.07, 6.45) is 0.460. The summed E-state index contributed by atoms with van der Waals surface area (Å²) in [6.45, 7) is 4.17. The van der Waals surface area contributed by atoms with Crippen LogP contribution in [-0.4, -0.2) is 36.7 Å². The summed E-state index contributed by atoms with van der Waals surface area (Å²) >= 11 is 6.46. The van der Waals surface area contributed by atoms with Gasteiger partial charge in [-0.3, -0.25) is 14.4 Å². The highest BCUT2D eigenvalue weighted by atomic mass is 35.5. The smallest absolute Gasteiger partial charge is 0.308 e. The van der Waals surface area contributed by atoms with Crippen LogP contribution in [0.1, 0.15) is 56.4 Å². The van der Waals surface area contributed by atoms with E-state index in [2.05, 4.69) is 0 Å². The van der Waals surface area contributed by atoms with Gasteiger partial charge in [0.05, 0.1) is 12.2 Å². The molecule has 1 heterocycles. The van der Waals surface area contributed by atoms with E-state index in [1.54, 1.807) is 12.1 Å². The zero-order valence-corrected chi connectivity index (χ0v) is 19.6. The van der Waals surface area contributed by atoms with Crippen LogP contribution < -0.4 is 4.74 Å². The summed E-state index contributed by atoms with van der Waals surface area (Å²) in [7, 11) is 0. The lowest BCUT2D eigenvalue weighted by molar-refractivity contribution is -0.169. The molecule has 3 atom stereocenters. The van der Waals surface area contributed by atoms with Crippen molar-refractivity contribution in [1.82, 2.24) is 0 Å². The van der Waals surface area contributed by atoms with Crippen molar-refractivity contribution in [2.24, 2.45) is 0 Å². The average Bonchev–Trinajstić information content (AvgIpc) is 2.74. The van der Waals surface area contributed by atoms with E-state index in [4.69, 9.17) is 30.5 Å². The highest BCUT2D eigenvalue weighted by molar-refractivity contribution is 6.31. The van der Waals surface area contributed by atoms with Gasteiger partial charge in [-0.15, -0.1) is 0 Å². The van der Waals surface area contributed by atoms with Gasteiger partial charge < -0.3 is 18.9 Å². The number of carbonyl (C=O) groups is 3. The standard InChI is InChI=1S/C25H27ClO7/c1-15(27)30-14-23-12-22(32-17(3)29)13-25(33-23)19-6-9-24(26)20(11-19)10-18-4-7-21(8-5-18)31-16(2)28/h4-9,11,22-23,25H,10,12-14H2,1-3H3. The van der Waals surface area contributed by atoms with Crippen molar-refractivity contribution in [3.8, 4) is 5.75 Å². The van der Waals surface area contributed by atoms with Gasteiger partial charge in [0.15, 0.2) is 0 Å². The van der Waals surface area contributed by atoms with E-state index in [0.717, 1.165) is 16.7 Å². The van der Waals surface area contributed by atoms with Crippen molar-refractivity contribution in [2.75, 3.05) is 6.61 Å². The second-order valence-electron chi connectivity index (χ2n) is 8.02. The zero-order chi connectivity index (χ0) is 24.0. The van der Waals surface area contributed by atoms with Crippen molar-refractivity contribution >= 4 is 29.5 Å². The first-order chi connectivity index (χ1) is 15.7. The van der Waals surface area contributed by atoms with Crippen LogP contribution in [0.3, 0.4) is 0 Å². The van der Waals surface area contributed by atoms with Crippen molar-refractivity contribution in [3.63, 3.8) is 0 Å². The SMILES string of the molecule is CC(=O)OCC1CC(OC(C)=O)CC(c2ccc(Cl)c(Cc3ccc(OC(C)=O)cc3)c2)O1. The van der Waals surface area contributed by atoms with Gasteiger partial charge in [0.2, 0.25) is 0 Å². The lowest BCUT2D eigenvalue weighted by Crippen LogP contribution is -2.36. The number of carbonyl (C=O) groups excluding carboxylic acids is 3. The van der Waals surface area contributed by atoms with Gasteiger partial charge in [-0.25, -0.2) is 0 Å². The van der Waals surface area contributed by atoms with Gasteiger partial charge in [0.25, 0.3) is 0 Å². The molecule has 8 heteroatoms. The van der Waals surface area contributed by atoms with Crippen molar-refractivity contribution in [2.45, 2.75) is 58.3 Å². The fourth-order valence-corrected chi connectivity index (χ4v) is 4.01. The van der Waals surface area contributed by atoms with E-state index in [1.807, 2.05) is 30.3 Å². The third-order valence-electron chi connectivity index (χ3n) is 5.19. The van der Waals surface area contributed by atoms with Crippen LogP contribution in [0, 0.1) is 0 Å². The fourth-order valence-electron chi connectivity index (χ4n) is 3.83. The molecule has 0 radical (unpaired) electrons. The van der Waals surface area contributed by atoms with Gasteiger partial charge in [-0.2, -0.15) is 0 Å². The number of hydrogen-bond acceptors (Lipinski definition) is 7. The summed E-state index contributed by atoms with van der Waals surface area (Å²) in [5.41, 5.74) is 2.81. The zero-order valence-electron chi connectivity index (χ0n) is 18.8. The first-order valence-corrected chi connectivity index (χ1v) is 11.1. The minimum absolute atomic E-state index is 0.0960. The topological polar surface area (TPSA) is 88.1 Å². The van der Waals surface area contributed by atoms with Crippen LogP contribution in [0.4, 0.5) is 0 Å². The maximum absolute atomic E-state index is 11.5. The highest BCUT2D eigenvalue weighted by Gasteiger charge is 2.33. The lowest BCUT2D eigenvalue weighted by Gasteiger charge is -2.35. The largest absolute Gasteiger partial charge is 0.463 e. The van der Waals surface area contributed by atoms with E-state index < -0.39 is 5.97 Å². The number of hydrogen-bond donors (Lipinski definition) is 0. The first-order valence-electron chi connectivity index (χ1n) is 10.7. The molecule has 176 valence electrons. The molecule has 33 heavy (non-hydrogen) atoms. The quantitative estimate of drug-likeness (QED) is 0.429. The molecule has 1 aliphatic heterocycles. The molecular formula is C25H27ClO7. The number of benzene rings is 2. The third-order valence-corrected chi connectivity index (χ3v) is 5.55. The molecule has 0 amide bonds. The fraction of sp³-hybridized carbons (Fsp3) is 0.400. The van der Waals surface area contributed by atoms with Gasteiger partial charge in [0, 0.05) is 38.6 Å². The predicted molar refractivity (Wildman–Crippen MR) is 121 cm³/mol. The Balaban J connectivity index is 1.77. The minimum atomic E-state index is -0.390. The van der Waals surface area contributed by atoms with Crippen LogP contribution in [0.5, 0.6) is 5.75 Å².